The van der Waals surface area contributed by atoms with Crippen LogP contribution in [0.25, 0.3) is 0 Å². The standard InChI is InChI=1S/C25H29F3N2O4/c1-13(2)30(24(31)16-7-5-14(3)6-8-16)19-12-18(26)20(11-17(19)25(32)33)34-23-21(22(27)28)15(4)9-10-29-23/h9-14,16,22H,5-8H2,1-4H3,(H,32,33). The Morgan fingerprint density at radius 2 is 1.82 bits per heavy atom. The maximum absolute atomic E-state index is 15.1. The van der Waals surface area contributed by atoms with Crippen molar-refractivity contribution in [3.8, 4) is 11.6 Å². The zero-order valence-corrected chi connectivity index (χ0v) is 19.6. The number of alkyl halides is 2. The van der Waals surface area contributed by atoms with Gasteiger partial charge in [0.25, 0.3) is 6.43 Å². The number of rotatable bonds is 7. The van der Waals surface area contributed by atoms with Crippen molar-refractivity contribution in [2.24, 2.45) is 11.8 Å². The number of aromatic nitrogens is 1. The van der Waals surface area contributed by atoms with Crippen molar-refractivity contribution in [3.05, 3.63) is 46.9 Å². The van der Waals surface area contributed by atoms with E-state index in [9.17, 15) is 23.5 Å². The molecule has 0 atom stereocenters. The van der Waals surface area contributed by atoms with Crippen molar-refractivity contribution in [1.82, 2.24) is 4.98 Å². The highest BCUT2D eigenvalue weighted by molar-refractivity contribution is 6.03. The summed E-state index contributed by atoms with van der Waals surface area (Å²) >= 11 is 0. The van der Waals surface area contributed by atoms with Crippen LogP contribution in [0.15, 0.2) is 24.4 Å². The lowest BCUT2D eigenvalue weighted by atomic mass is 9.82. The number of carbonyl (C=O) groups is 2. The van der Waals surface area contributed by atoms with E-state index >= 15 is 4.39 Å². The fourth-order valence-corrected chi connectivity index (χ4v) is 4.34. The lowest BCUT2D eigenvalue weighted by Crippen LogP contribution is -2.43. The van der Waals surface area contributed by atoms with Gasteiger partial charge in [-0.05, 0) is 64.0 Å². The number of hydrogen-bond donors (Lipinski definition) is 1. The first kappa shape index (κ1) is 25.5. The highest BCUT2D eigenvalue weighted by Gasteiger charge is 2.33. The third-order valence-corrected chi connectivity index (χ3v) is 6.26. The summed E-state index contributed by atoms with van der Waals surface area (Å²) in [5.41, 5.74) is -0.765. The monoisotopic (exact) mass is 478 g/mol. The van der Waals surface area contributed by atoms with Crippen LogP contribution in [0, 0.1) is 24.6 Å². The van der Waals surface area contributed by atoms with Gasteiger partial charge in [-0.1, -0.05) is 6.92 Å². The first-order valence-electron chi connectivity index (χ1n) is 11.3. The van der Waals surface area contributed by atoms with Crippen molar-refractivity contribution in [2.45, 2.75) is 65.8 Å². The van der Waals surface area contributed by atoms with Crippen LogP contribution in [0.3, 0.4) is 0 Å². The number of nitrogens with zero attached hydrogens (tertiary/aromatic N) is 2. The molecular formula is C25H29F3N2O4. The van der Waals surface area contributed by atoms with Crippen LogP contribution < -0.4 is 9.64 Å². The second kappa shape index (κ2) is 10.4. The quantitative estimate of drug-likeness (QED) is 0.490. The van der Waals surface area contributed by atoms with Gasteiger partial charge < -0.3 is 14.7 Å². The van der Waals surface area contributed by atoms with Gasteiger partial charge in [0.1, 0.15) is 0 Å². The molecule has 1 aliphatic carbocycles. The van der Waals surface area contributed by atoms with Crippen LogP contribution in [0.5, 0.6) is 11.6 Å². The average molecular weight is 479 g/mol. The lowest BCUT2D eigenvalue weighted by Gasteiger charge is -2.34. The van der Waals surface area contributed by atoms with Crippen LogP contribution in [-0.2, 0) is 4.79 Å². The first-order valence-corrected chi connectivity index (χ1v) is 11.3. The fourth-order valence-electron chi connectivity index (χ4n) is 4.34. The largest absolute Gasteiger partial charge is 0.478 e. The lowest BCUT2D eigenvalue weighted by molar-refractivity contribution is -0.123. The summed E-state index contributed by atoms with van der Waals surface area (Å²) in [6.45, 7) is 7.02. The van der Waals surface area contributed by atoms with E-state index in [0.717, 1.165) is 25.0 Å². The Bertz CT molecular complexity index is 1070. The maximum atomic E-state index is 15.1. The van der Waals surface area contributed by atoms with Gasteiger partial charge >= 0.3 is 5.97 Å². The molecule has 6 nitrogen and oxygen atoms in total. The minimum Gasteiger partial charge on any atom is -0.478 e. The Labute approximate surface area is 196 Å². The Kier molecular flexibility index (Phi) is 7.84. The molecule has 1 amide bonds. The van der Waals surface area contributed by atoms with Gasteiger partial charge in [-0.2, -0.15) is 0 Å². The Hall–Kier alpha value is -3.10. The summed E-state index contributed by atoms with van der Waals surface area (Å²) in [5, 5.41) is 9.84. The molecule has 3 rings (SSSR count). The summed E-state index contributed by atoms with van der Waals surface area (Å²) < 4.78 is 47.4. The minimum absolute atomic E-state index is 0.0951. The predicted molar refractivity (Wildman–Crippen MR) is 121 cm³/mol. The first-order chi connectivity index (χ1) is 16.0. The normalized spacial score (nSPS) is 18.3. The number of amides is 1. The smallest absolute Gasteiger partial charge is 0.337 e. The molecule has 1 fully saturated rings. The number of carboxylic acid groups (broad SMARTS) is 1. The van der Waals surface area contributed by atoms with Crippen molar-refractivity contribution >= 4 is 17.6 Å². The van der Waals surface area contributed by atoms with Gasteiger partial charge in [-0.3, -0.25) is 4.79 Å². The summed E-state index contributed by atoms with van der Waals surface area (Å²) in [5.74, 6) is -3.47. The number of carboxylic acids is 1. The molecule has 0 spiro atoms. The number of ether oxygens (including phenoxy) is 1. The van der Waals surface area contributed by atoms with Gasteiger partial charge in [-0.25, -0.2) is 22.9 Å². The van der Waals surface area contributed by atoms with Crippen LogP contribution in [-0.4, -0.2) is 28.0 Å². The number of anilines is 1. The molecule has 1 N–H and O–H groups in total. The molecular weight excluding hydrogens is 449 g/mol. The zero-order valence-electron chi connectivity index (χ0n) is 19.6. The highest BCUT2D eigenvalue weighted by atomic mass is 19.3. The van der Waals surface area contributed by atoms with Crippen LogP contribution >= 0.6 is 0 Å². The summed E-state index contributed by atoms with van der Waals surface area (Å²) in [7, 11) is 0. The van der Waals surface area contributed by atoms with Gasteiger partial charge in [0.2, 0.25) is 11.8 Å². The molecule has 2 aromatic rings. The Balaban J connectivity index is 2.03. The topological polar surface area (TPSA) is 79.7 Å². The summed E-state index contributed by atoms with van der Waals surface area (Å²) in [6, 6.07) is 2.77. The molecule has 1 aromatic heterocycles. The number of aryl methyl sites for hydroxylation is 1. The molecule has 0 aliphatic heterocycles. The molecule has 0 bridgehead atoms. The van der Waals surface area contributed by atoms with Gasteiger partial charge in [0.15, 0.2) is 11.6 Å². The van der Waals surface area contributed by atoms with Crippen LogP contribution in [0.1, 0.15) is 74.4 Å². The molecule has 1 aromatic carbocycles. The number of hydrogen-bond acceptors (Lipinski definition) is 4. The molecule has 9 heteroatoms. The number of pyridine rings is 1. The van der Waals surface area contributed by atoms with Gasteiger partial charge in [0, 0.05) is 30.3 Å². The molecule has 0 radical (unpaired) electrons. The molecule has 184 valence electrons. The molecule has 34 heavy (non-hydrogen) atoms. The molecule has 1 heterocycles. The predicted octanol–water partition coefficient (Wildman–Crippen LogP) is 6.52. The summed E-state index contributed by atoms with van der Waals surface area (Å²) in [6.07, 6.45) is 1.48. The zero-order chi connectivity index (χ0) is 25.2. The molecule has 1 saturated carbocycles. The van der Waals surface area contributed by atoms with E-state index in [0.29, 0.717) is 18.8 Å². The third kappa shape index (κ3) is 5.34. The third-order valence-electron chi connectivity index (χ3n) is 6.26. The van der Waals surface area contributed by atoms with Crippen LogP contribution in [0.2, 0.25) is 0 Å². The van der Waals surface area contributed by atoms with E-state index in [2.05, 4.69) is 11.9 Å². The van der Waals surface area contributed by atoms with Gasteiger partial charge in [-0.15, -0.1) is 0 Å². The van der Waals surface area contributed by atoms with Crippen molar-refractivity contribution in [3.63, 3.8) is 0 Å². The highest BCUT2D eigenvalue weighted by Crippen LogP contribution is 2.38. The van der Waals surface area contributed by atoms with E-state index in [1.54, 1.807) is 13.8 Å². The number of halogens is 3. The SMILES string of the molecule is Cc1ccnc(Oc2cc(C(=O)O)c(N(C(=O)C3CCC(C)CC3)C(C)C)cc2F)c1C(F)F. The Morgan fingerprint density at radius 3 is 2.38 bits per heavy atom. The Morgan fingerprint density at radius 1 is 1.18 bits per heavy atom. The van der Waals surface area contributed by atoms with Crippen LogP contribution in [0.4, 0.5) is 18.9 Å². The molecule has 0 unspecified atom stereocenters. The maximum Gasteiger partial charge on any atom is 0.337 e. The van der Waals surface area contributed by atoms with Crippen molar-refractivity contribution < 1.29 is 32.6 Å². The number of benzene rings is 1. The minimum atomic E-state index is -2.92. The molecule has 1 aliphatic rings. The van der Waals surface area contributed by atoms with Crippen molar-refractivity contribution in [1.29, 1.82) is 0 Å². The van der Waals surface area contributed by atoms with E-state index in [1.165, 1.54) is 24.1 Å². The van der Waals surface area contributed by atoms with E-state index < -0.39 is 41.4 Å². The number of carbonyl (C=O) groups excluding carboxylic acids is 1. The molecule has 0 saturated heterocycles. The average Bonchev–Trinajstić information content (AvgIpc) is 2.75. The summed E-state index contributed by atoms with van der Waals surface area (Å²) in [4.78, 5) is 30.5. The fraction of sp³-hybridized carbons (Fsp3) is 0.480. The number of aromatic carboxylic acids is 1. The van der Waals surface area contributed by atoms with Gasteiger partial charge in [0.05, 0.1) is 16.8 Å². The van der Waals surface area contributed by atoms with E-state index in [-0.39, 0.29) is 28.6 Å². The van der Waals surface area contributed by atoms with E-state index in [1.807, 2.05) is 0 Å². The second-order valence-electron chi connectivity index (χ2n) is 9.11. The van der Waals surface area contributed by atoms with E-state index in [4.69, 9.17) is 4.74 Å². The van der Waals surface area contributed by atoms with Crippen molar-refractivity contribution in [2.75, 3.05) is 4.90 Å². The second-order valence-corrected chi connectivity index (χ2v) is 9.11.